The molecule has 3 aromatic rings. The Morgan fingerprint density at radius 2 is 2.00 bits per heavy atom. The molecule has 3 N–H and O–H groups in total. The van der Waals surface area contributed by atoms with Crippen LogP contribution >= 0.6 is 11.6 Å². The van der Waals surface area contributed by atoms with Gasteiger partial charge in [0.1, 0.15) is 11.4 Å². The van der Waals surface area contributed by atoms with E-state index in [0.29, 0.717) is 38.4 Å². The molecule has 1 heterocycles. The summed E-state index contributed by atoms with van der Waals surface area (Å²) in [5, 5.41) is 21.8. The third-order valence-corrected chi connectivity index (χ3v) is 5.40. The summed E-state index contributed by atoms with van der Waals surface area (Å²) in [6.07, 6.45) is 1.25. The molecule has 0 saturated heterocycles. The minimum Gasteiger partial charge on any atom is -0.508 e. The third-order valence-electron chi connectivity index (χ3n) is 5.17. The lowest BCUT2D eigenvalue weighted by Gasteiger charge is -2.20. The normalized spacial score (nSPS) is 11.8. The maximum Gasteiger partial charge on any atom is 0.273 e. The van der Waals surface area contributed by atoms with Gasteiger partial charge in [0, 0.05) is 53.6 Å². The molecule has 0 unspecified atom stereocenters. The zero-order chi connectivity index (χ0) is 23.4. The number of hydrogen-bond acceptors (Lipinski definition) is 6. The number of phenolic OH excluding ortho intramolecular Hbond substituents is 1. The molecule has 166 valence electrons. The Bertz CT molecular complexity index is 1220. The lowest BCUT2D eigenvalue weighted by molar-refractivity contribution is 0.0804. The van der Waals surface area contributed by atoms with Crippen LogP contribution in [-0.2, 0) is 0 Å². The summed E-state index contributed by atoms with van der Waals surface area (Å²) in [4.78, 5) is 24.2. The number of aryl methyl sites for hydroxylation is 1. The van der Waals surface area contributed by atoms with Gasteiger partial charge in [-0.15, -0.1) is 0 Å². The third kappa shape index (κ3) is 4.89. The van der Waals surface area contributed by atoms with Crippen LogP contribution in [0.3, 0.4) is 0 Å². The Morgan fingerprint density at radius 3 is 2.66 bits per heavy atom. The highest BCUT2D eigenvalue weighted by atomic mass is 35.5. The summed E-state index contributed by atoms with van der Waals surface area (Å²) in [7, 11) is 1.67. The fourth-order valence-electron chi connectivity index (χ4n) is 3.35. The van der Waals surface area contributed by atoms with E-state index in [1.165, 1.54) is 11.1 Å². The molecule has 0 saturated carbocycles. The number of phenols is 1. The summed E-state index contributed by atoms with van der Waals surface area (Å²) in [5.41, 5.74) is 3.75. The fraction of sp³-hybridized carbons (Fsp3) is 0.250. The van der Waals surface area contributed by atoms with E-state index in [1.54, 1.807) is 50.4 Å². The fourth-order valence-corrected chi connectivity index (χ4v) is 3.52. The molecule has 2 aromatic carbocycles. The van der Waals surface area contributed by atoms with Gasteiger partial charge in [-0.25, -0.2) is 9.97 Å². The SMILES string of the molecule is CCN/C(C)=C(\C=N)CN(C)C(=O)c1nc(-c2ccc(O)c(C)c2)nc2ccc(Cl)cc12. The van der Waals surface area contributed by atoms with Crippen LogP contribution < -0.4 is 5.32 Å². The van der Waals surface area contributed by atoms with Crippen LogP contribution in [0.25, 0.3) is 22.3 Å². The molecule has 0 spiro atoms. The molecular weight excluding hydrogens is 426 g/mol. The Balaban J connectivity index is 2.10. The number of rotatable bonds is 7. The topological polar surface area (TPSA) is 102 Å². The van der Waals surface area contributed by atoms with Gasteiger partial charge >= 0.3 is 0 Å². The van der Waals surface area contributed by atoms with Crippen LogP contribution in [0.5, 0.6) is 5.75 Å². The number of aromatic hydroxyl groups is 1. The minimum atomic E-state index is -0.305. The number of hydrogen-bond donors (Lipinski definition) is 3. The summed E-state index contributed by atoms with van der Waals surface area (Å²) in [6, 6.07) is 10.2. The van der Waals surface area contributed by atoms with Crippen molar-refractivity contribution in [3.63, 3.8) is 0 Å². The second-order valence-corrected chi connectivity index (χ2v) is 7.98. The number of amides is 1. The highest BCUT2D eigenvalue weighted by Gasteiger charge is 2.21. The number of carbonyl (C=O) groups is 1. The highest BCUT2D eigenvalue weighted by Crippen LogP contribution is 2.27. The summed E-state index contributed by atoms with van der Waals surface area (Å²) >= 11 is 6.20. The van der Waals surface area contributed by atoms with Crippen LogP contribution in [0.1, 0.15) is 29.9 Å². The number of nitrogens with one attached hydrogen (secondary N) is 2. The molecule has 1 aromatic heterocycles. The predicted octanol–water partition coefficient (Wildman–Crippen LogP) is 4.57. The molecular formula is C24H26ClN5O2. The summed E-state index contributed by atoms with van der Waals surface area (Å²) < 4.78 is 0. The molecule has 0 aliphatic rings. The molecule has 0 aliphatic heterocycles. The largest absolute Gasteiger partial charge is 0.508 e. The Hall–Kier alpha value is -3.45. The lowest BCUT2D eigenvalue weighted by atomic mass is 10.1. The smallest absolute Gasteiger partial charge is 0.273 e. The van der Waals surface area contributed by atoms with Gasteiger partial charge in [-0.1, -0.05) is 11.6 Å². The van der Waals surface area contributed by atoms with E-state index in [2.05, 4.69) is 15.3 Å². The highest BCUT2D eigenvalue weighted by molar-refractivity contribution is 6.31. The van der Waals surface area contributed by atoms with Gasteiger partial charge in [0.2, 0.25) is 0 Å². The number of likely N-dealkylation sites (N-methyl/N-ethyl adjacent to an activating group) is 1. The second kappa shape index (κ2) is 9.78. The zero-order valence-electron chi connectivity index (χ0n) is 18.5. The van der Waals surface area contributed by atoms with Crippen molar-refractivity contribution in [2.24, 2.45) is 0 Å². The van der Waals surface area contributed by atoms with E-state index in [1.807, 2.05) is 13.8 Å². The minimum absolute atomic E-state index is 0.180. The van der Waals surface area contributed by atoms with E-state index in [9.17, 15) is 9.90 Å². The number of nitrogens with zero attached hydrogens (tertiary/aromatic N) is 3. The van der Waals surface area contributed by atoms with Crippen LogP contribution in [0, 0.1) is 12.3 Å². The first-order chi connectivity index (χ1) is 15.2. The second-order valence-electron chi connectivity index (χ2n) is 7.54. The number of halogens is 1. The van der Waals surface area contributed by atoms with Gasteiger partial charge in [-0.2, -0.15) is 0 Å². The standard InChI is InChI=1S/C24H26ClN5O2/c1-5-27-15(3)17(12-26)13-30(4)24(32)22-19-11-18(25)7-8-20(19)28-23(29-22)16-6-9-21(31)14(2)10-16/h6-12,26-27,31H,5,13H2,1-4H3/b17-15+,26-12?. The van der Waals surface area contributed by atoms with Crippen molar-refractivity contribution in [1.82, 2.24) is 20.2 Å². The van der Waals surface area contributed by atoms with Gasteiger partial charge in [0.15, 0.2) is 5.82 Å². The van der Waals surface area contributed by atoms with Crippen molar-refractivity contribution < 1.29 is 9.90 Å². The van der Waals surface area contributed by atoms with Gasteiger partial charge in [0.05, 0.1) is 5.52 Å². The van der Waals surface area contributed by atoms with Crippen molar-refractivity contribution >= 4 is 34.6 Å². The summed E-state index contributed by atoms with van der Waals surface area (Å²) in [5.74, 6) is 0.255. The number of benzene rings is 2. The number of fused-ring (bicyclic) bond motifs is 1. The monoisotopic (exact) mass is 451 g/mol. The van der Waals surface area contributed by atoms with Crippen molar-refractivity contribution in [2.75, 3.05) is 20.1 Å². The molecule has 0 fully saturated rings. The number of allylic oxidation sites excluding steroid dienone is 1. The van der Waals surface area contributed by atoms with E-state index in [-0.39, 0.29) is 23.9 Å². The maximum atomic E-state index is 13.4. The van der Waals surface area contributed by atoms with Crippen LogP contribution in [-0.4, -0.2) is 52.2 Å². The van der Waals surface area contributed by atoms with Gasteiger partial charge in [-0.05, 0) is 62.7 Å². The Morgan fingerprint density at radius 1 is 1.25 bits per heavy atom. The molecule has 8 heteroatoms. The molecule has 0 radical (unpaired) electrons. The van der Waals surface area contributed by atoms with Crippen molar-refractivity contribution in [3.8, 4) is 17.1 Å². The predicted molar refractivity (Wildman–Crippen MR) is 129 cm³/mol. The average Bonchev–Trinajstić information content (AvgIpc) is 2.78. The molecule has 0 bridgehead atoms. The lowest BCUT2D eigenvalue weighted by Crippen LogP contribution is -2.31. The first-order valence-electron chi connectivity index (χ1n) is 10.2. The molecule has 32 heavy (non-hydrogen) atoms. The number of aromatic nitrogens is 2. The van der Waals surface area contributed by atoms with E-state index in [0.717, 1.165) is 12.2 Å². The molecule has 1 amide bonds. The van der Waals surface area contributed by atoms with Gasteiger partial charge in [-0.3, -0.25) is 4.79 Å². The van der Waals surface area contributed by atoms with Crippen LogP contribution in [0.4, 0.5) is 0 Å². The van der Waals surface area contributed by atoms with Gasteiger partial charge < -0.3 is 20.7 Å². The summed E-state index contributed by atoms with van der Waals surface area (Å²) in [6.45, 7) is 6.63. The first-order valence-corrected chi connectivity index (χ1v) is 10.6. The van der Waals surface area contributed by atoms with Crippen molar-refractivity contribution in [1.29, 1.82) is 5.41 Å². The molecule has 7 nitrogen and oxygen atoms in total. The molecule has 0 aliphatic carbocycles. The average molecular weight is 452 g/mol. The van der Waals surface area contributed by atoms with Crippen LogP contribution in [0.15, 0.2) is 47.7 Å². The number of carbonyl (C=O) groups excluding carboxylic acids is 1. The Labute approximate surface area is 192 Å². The van der Waals surface area contributed by atoms with E-state index < -0.39 is 0 Å². The Kier molecular flexibility index (Phi) is 7.10. The van der Waals surface area contributed by atoms with Crippen LogP contribution in [0.2, 0.25) is 5.02 Å². The van der Waals surface area contributed by atoms with Crippen molar-refractivity contribution in [3.05, 3.63) is 63.9 Å². The zero-order valence-corrected chi connectivity index (χ0v) is 19.3. The maximum absolute atomic E-state index is 13.4. The van der Waals surface area contributed by atoms with Gasteiger partial charge in [0.25, 0.3) is 5.91 Å². The first kappa shape index (κ1) is 23.2. The molecule has 0 atom stereocenters. The molecule has 3 rings (SSSR count). The van der Waals surface area contributed by atoms with E-state index in [4.69, 9.17) is 17.0 Å². The van der Waals surface area contributed by atoms with Crippen molar-refractivity contribution in [2.45, 2.75) is 20.8 Å². The van der Waals surface area contributed by atoms with E-state index >= 15 is 0 Å². The quantitative estimate of drug-likeness (QED) is 0.456.